The Bertz CT molecular complexity index is 1240. The van der Waals surface area contributed by atoms with Crippen molar-refractivity contribution in [2.24, 2.45) is 4.99 Å². The maximum atomic E-state index is 13.3. The van der Waals surface area contributed by atoms with Gasteiger partial charge in [-0.1, -0.05) is 47.7 Å². The number of nitrogens with zero attached hydrogens (tertiary/aromatic N) is 3. The predicted molar refractivity (Wildman–Crippen MR) is 106 cm³/mol. The van der Waals surface area contributed by atoms with Gasteiger partial charge in [0.2, 0.25) is 0 Å². The highest BCUT2D eigenvalue weighted by molar-refractivity contribution is 7.07. The molecule has 28 heavy (non-hydrogen) atoms. The molecule has 1 aliphatic heterocycles. The molecule has 6 nitrogen and oxygen atoms in total. The Kier molecular flexibility index (Phi) is 4.75. The van der Waals surface area contributed by atoms with Gasteiger partial charge in [0.1, 0.15) is 0 Å². The highest BCUT2D eigenvalue weighted by atomic mass is 32.1. The van der Waals surface area contributed by atoms with Gasteiger partial charge in [-0.3, -0.25) is 14.3 Å². The molecule has 0 saturated heterocycles. The van der Waals surface area contributed by atoms with Crippen molar-refractivity contribution in [1.82, 2.24) is 9.55 Å². The van der Waals surface area contributed by atoms with E-state index in [0.29, 0.717) is 20.6 Å². The summed E-state index contributed by atoms with van der Waals surface area (Å²) >= 11 is 1.29. The number of ether oxygens (including phenoxy) is 1. The van der Waals surface area contributed by atoms with Crippen LogP contribution in [0.5, 0.6) is 0 Å². The quantitative estimate of drug-likeness (QED) is 0.638. The topological polar surface area (TPSA) is 73.6 Å². The molecule has 1 atom stereocenters. The normalized spacial score (nSPS) is 16.5. The third-order valence-corrected chi connectivity index (χ3v) is 5.51. The number of benzene rings is 1. The molecular weight excluding hydrogens is 374 g/mol. The minimum absolute atomic E-state index is 0.199. The van der Waals surface area contributed by atoms with E-state index < -0.39 is 12.0 Å². The number of thiazole rings is 1. The van der Waals surface area contributed by atoms with Gasteiger partial charge >= 0.3 is 5.97 Å². The van der Waals surface area contributed by atoms with Crippen molar-refractivity contribution in [2.45, 2.75) is 13.0 Å². The monoisotopic (exact) mass is 391 g/mol. The molecule has 0 aliphatic carbocycles. The molecule has 0 amide bonds. The highest BCUT2D eigenvalue weighted by Crippen LogP contribution is 2.30. The smallest absolute Gasteiger partial charge is 0.338 e. The largest absolute Gasteiger partial charge is 0.466 e. The van der Waals surface area contributed by atoms with Gasteiger partial charge in [0.15, 0.2) is 4.80 Å². The number of carbonyl (C=O) groups is 1. The lowest BCUT2D eigenvalue weighted by Crippen LogP contribution is -2.39. The van der Waals surface area contributed by atoms with E-state index in [1.807, 2.05) is 42.5 Å². The van der Waals surface area contributed by atoms with E-state index >= 15 is 0 Å². The lowest BCUT2D eigenvalue weighted by Gasteiger charge is -2.24. The van der Waals surface area contributed by atoms with Gasteiger partial charge in [-0.15, -0.1) is 0 Å². The van der Waals surface area contributed by atoms with E-state index in [-0.39, 0.29) is 5.56 Å². The van der Waals surface area contributed by atoms with Gasteiger partial charge in [0.05, 0.1) is 29.0 Å². The van der Waals surface area contributed by atoms with Crippen LogP contribution in [0.15, 0.2) is 75.9 Å². The fraction of sp³-hybridized carbons (Fsp3) is 0.143. The van der Waals surface area contributed by atoms with Crippen LogP contribution in [0.25, 0.3) is 6.08 Å². The first-order valence-corrected chi connectivity index (χ1v) is 9.47. The van der Waals surface area contributed by atoms with E-state index in [1.165, 1.54) is 18.4 Å². The van der Waals surface area contributed by atoms with Crippen LogP contribution in [-0.4, -0.2) is 22.6 Å². The van der Waals surface area contributed by atoms with Crippen LogP contribution in [0.3, 0.4) is 0 Å². The third kappa shape index (κ3) is 3.10. The Morgan fingerprint density at radius 3 is 2.68 bits per heavy atom. The maximum Gasteiger partial charge on any atom is 0.338 e. The number of fused-ring (bicyclic) bond motifs is 1. The zero-order chi connectivity index (χ0) is 19.7. The second-order valence-electron chi connectivity index (χ2n) is 6.27. The number of hydrogen-bond acceptors (Lipinski definition) is 6. The third-order valence-electron chi connectivity index (χ3n) is 4.52. The summed E-state index contributed by atoms with van der Waals surface area (Å²) in [4.78, 5) is 34.9. The average Bonchev–Trinajstić information content (AvgIpc) is 3.02. The first-order valence-electron chi connectivity index (χ1n) is 8.66. The molecule has 0 bridgehead atoms. The summed E-state index contributed by atoms with van der Waals surface area (Å²) in [6, 6.07) is 12.6. The van der Waals surface area contributed by atoms with Gasteiger partial charge in [-0.05, 0) is 30.2 Å². The second-order valence-corrected chi connectivity index (χ2v) is 7.28. The van der Waals surface area contributed by atoms with E-state index in [9.17, 15) is 9.59 Å². The molecule has 0 fully saturated rings. The molecule has 1 aliphatic rings. The summed E-state index contributed by atoms with van der Waals surface area (Å²) in [5.41, 5.74) is 2.37. The molecule has 0 N–H and O–H groups in total. The summed E-state index contributed by atoms with van der Waals surface area (Å²) in [5.74, 6) is -0.489. The summed E-state index contributed by atoms with van der Waals surface area (Å²) < 4.78 is 7.09. The van der Waals surface area contributed by atoms with Gasteiger partial charge in [-0.2, -0.15) is 0 Å². The SMILES string of the molecule is COC(=O)C1=C(C)N=c2sc(=Cc3cccnc3)c(=O)n2[C@@H]1c1ccccc1. The number of pyridine rings is 1. The van der Waals surface area contributed by atoms with Crippen LogP contribution in [0.2, 0.25) is 0 Å². The standard InChI is InChI=1S/C21H17N3O3S/c1-13-17(20(26)27-2)18(15-8-4-3-5-9-15)24-19(25)16(28-21(24)23-13)11-14-7-6-10-22-12-14/h3-12,18H,1-2H3/t18-/m1/s1. The lowest BCUT2D eigenvalue weighted by atomic mass is 9.96. The van der Waals surface area contributed by atoms with Crippen molar-refractivity contribution in [1.29, 1.82) is 0 Å². The maximum absolute atomic E-state index is 13.3. The molecule has 0 saturated carbocycles. The number of methoxy groups -OCH3 is 1. The molecule has 3 heterocycles. The number of rotatable bonds is 3. The minimum Gasteiger partial charge on any atom is -0.466 e. The van der Waals surface area contributed by atoms with Gasteiger partial charge < -0.3 is 4.74 Å². The van der Waals surface area contributed by atoms with Crippen LogP contribution >= 0.6 is 11.3 Å². The van der Waals surface area contributed by atoms with Crippen molar-refractivity contribution >= 4 is 23.4 Å². The molecule has 140 valence electrons. The molecule has 2 aromatic heterocycles. The van der Waals surface area contributed by atoms with Crippen molar-refractivity contribution in [3.8, 4) is 0 Å². The molecule has 0 unspecified atom stereocenters. The molecule has 3 aromatic rings. The Morgan fingerprint density at radius 1 is 1.21 bits per heavy atom. The molecular formula is C21H17N3O3S. The van der Waals surface area contributed by atoms with Crippen LogP contribution < -0.4 is 14.9 Å². The van der Waals surface area contributed by atoms with Crippen molar-refractivity contribution in [3.05, 3.63) is 96.9 Å². The zero-order valence-electron chi connectivity index (χ0n) is 15.3. The number of allylic oxidation sites excluding steroid dienone is 1. The van der Waals surface area contributed by atoms with Crippen LogP contribution in [-0.2, 0) is 9.53 Å². The van der Waals surface area contributed by atoms with Gasteiger partial charge in [0.25, 0.3) is 5.56 Å². The fourth-order valence-electron chi connectivity index (χ4n) is 3.26. The van der Waals surface area contributed by atoms with Gasteiger partial charge in [0, 0.05) is 12.4 Å². The Hall–Kier alpha value is -3.32. The Balaban J connectivity index is 1.99. The number of esters is 1. The van der Waals surface area contributed by atoms with Gasteiger partial charge in [-0.25, -0.2) is 9.79 Å². The van der Waals surface area contributed by atoms with Crippen molar-refractivity contribution in [3.63, 3.8) is 0 Å². The predicted octanol–water partition coefficient (Wildman–Crippen LogP) is 1.80. The fourth-order valence-corrected chi connectivity index (χ4v) is 4.30. The summed E-state index contributed by atoms with van der Waals surface area (Å²) in [6.07, 6.45) is 5.16. The molecule has 4 rings (SSSR count). The summed E-state index contributed by atoms with van der Waals surface area (Å²) in [6.45, 7) is 1.76. The van der Waals surface area contributed by atoms with Crippen LogP contribution in [0.1, 0.15) is 24.1 Å². The summed E-state index contributed by atoms with van der Waals surface area (Å²) in [7, 11) is 1.33. The van der Waals surface area contributed by atoms with E-state index in [4.69, 9.17) is 4.74 Å². The number of carbonyl (C=O) groups excluding carboxylic acids is 1. The van der Waals surface area contributed by atoms with Crippen LogP contribution in [0, 0.1) is 0 Å². The second kappa shape index (κ2) is 7.36. The number of aromatic nitrogens is 2. The first kappa shape index (κ1) is 18.1. The number of hydrogen-bond donors (Lipinski definition) is 0. The molecule has 0 spiro atoms. The molecule has 7 heteroatoms. The Morgan fingerprint density at radius 2 is 2.00 bits per heavy atom. The summed E-state index contributed by atoms with van der Waals surface area (Å²) in [5, 5.41) is 0. The van der Waals surface area contributed by atoms with Crippen LogP contribution in [0.4, 0.5) is 0 Å². The average molecular weight is 391 g/mol. The Labute approximate surface area is 164 Å². The molecule has 1 aromatic carbocycles. The van der Waals surface area contributed by atoms with Crippen molar-refractivity contribution in [2.75, 3.05) is 7.11 Å². The first-order chi connectivity index (χ1) is 13.6. The lowest BCUT2D eigenvalue weighted by molar-refractivity contribution is -0.136. The minimum atomic E-state index is -0.582. The van der Waals surface area contributed by atoms with Crippen molar-refractivity contribution < 1.29 is 9.53 Å². The molecule has 0 radical (unpaired) electrons. The van der Waals surface area contributed by atoms with E-state index in [0.717, 1.165) is 11.1 Å². The zero-order valence-corrected chi connectivity index (χ0v) is 16.1. The van der Waals surface area contributed by atoms with E-state index in [2.05, 4.69) is 9.98 Å². The van der Waals surface area contributed by atoms with E-state index in [1.54, 1.807) is 30.0 Å². The highest BCUT2D eigenvalue weighted by Gasteiger charge is 2.32.